The predicted molar refractivity (Wildman–Crippen MR) is 101 cm³/mol. The molecule has 0 aliphatic carbocycles. The normalized spacial score (nSPS) is 15.2. The Hall–Kier alpha value is -2.34. The number of rotatable bonds is 2. The second-order valence-corrected chi connectivity index (χ2v) is 7.58. The molecule has 0 atom stereocenters. The third kappa shape index (κ3) is 3.02. The summed E-state index contributed by atoms with van der Waals surface area (Å²) in [6, 6.07) is 8.19. The molecule has 1 amide bonds. The average molecular weight is 355 g/mol. The fourth-order valence-corrected chi connectivity index (χ4v) is 4.38. The number of amides is 1. The van der Waals surface area contributed by atoms with E-state index in [-0.39, 0.29) is 5.91 Å². The lowest BCUT2D eigenvalue weighted by Crippen LogP contribution is -2.48. The summed E-state index contributed by atoms with van der Waals surface area (Å²) in [5, 5.41) is 1.04. The van der Waals surface area contributed by atoms with Gasteiger partial charge in [0.2, 0.25) is 0 Å². The van der Waals surface area contributed by atoms with Gasteiger partial charge in [0.05, 0.1) is 15.8 Å². The van der Waals surface area contributed by atoms with Gasteiger partial charge in [0.15, 0.2) is 5.13 Å². The van der Waals surface area contributed by atoms with Gasteiger partial charge in [-0.1, -0.05) is 17.4 Å². The number of hydrogen-bond donors (Lipinski definition) is 0. The van der Waals surface area contributed by atoms with Crippen LogP contribution in [0.5, 0.6) is 0 Å². The van der Waals surface area contributed by atoms with Crippen LogP contribution in [-0.4, -0.2) is 42.0 Å². The molecule has 3 heterocycles. The van der Waals surface area contributed by atoms with E-state index in [4.69, 9.17) is 9.40 Å². The largest absolute Gasteiger partial charge is 0.466 e. The number of furan rings is 1. The molecule has 3 aromatic rings. The van der Waals surface area contributed by atoms with Crippen LogP contribution in [0.1, 0.15) is 27.4 Å². The average Bonchev–Trinajstić information content (AvgIpc) is 3.16. The van der Waals surface area contributed by atoms with Crippen molar-refractivity contribution in [3.8, 4) is 0 Å². The molecular weight excluding hydrogens is 334 g/mol. The van der Waals surface area contributed by atoms with Crippen molar-refractivity contribution in [1.29, 1.82) is 0 Å². The molecule has 0 radical (unpaired) electrons. The monoisotopic (exact) mass is 355 g/mol. The molecule has 130 valence electrons. The maximum Gasteiger partial charge on any atom is 0.257 e. The fraction of sp³-hybridized carbons (Fsp3) is 0.368. The second kappa shape index (κ2) is 6.19. The molecule has 5 nitrogen and oxygen atoms in total. The summed E-state index contributed by atoms with van der Waals surface area (Å²) in [5.74, 6) is 1.55. The highest BCUT2D eigenvalue weighted by atomic mass is 32.1. The van der Waals surface area contributed by atoms with E-state index in [1.54, 1.807) is 11.3 Å². The second-order valence-electron chi connectivity index (χ2n) is 6.57. The van der Waals surface area contributed by atoms with Gasteiger partial charge >= 0.3 is 0 Å². The number of anilines is 1. The Bertz CT molecular complexity index is 935. The zero-order valence-corrected chi connectivity index (χ0v) is 15.5. The van der Waals surface area contributed by atoms with Gasteiger partial charge < -0.3 is 14.2 Å². The van der Waals surface area contributed by atoms with Crippen molar-refractivity contribution < 1.29 is 9.21 Å². The van der Waals surface area contributed by atoms with E-state index in [0.717, 1.165) is 29.5 Å². The first-order valence-electron chi connectivity index (χ1n) is 8.50. The van der Waals surface area contributed by atoms with Gasteiger partial charge in [0, 0.05) is 26.2 Å². The molecule has 0 spiro atoms. The molecule has 0 saturated carbocycles. The fourth-order valence-electron chi connectivity index (χ4n) is 3.27. The standard InChI is InChI=1S/C19H21N3O2S/c1-12-4-5-16-17(10-12)25-19(20-16)22-8-6-21(7-9-22)18(23)15-11-13(2)24-14(15)3/h4-5,10-11H,6-9H2,1-3H3. The number of fused-ring (bicyclic) bond motifs is 1. The lowest BCUT2D eigenvalue weighted by atomic mass is 10.2. The highest BCUT2D eigenvalue weighted by Gasteiger charge is 2.26. The Labute approximate surface area is 150 Å². The van der Waals surface area contributed by atoms with E-state index in [9.17, 15) is 4.79 Å². The number of aromatic nitrogens is 1. The van der Waals surface area contributed by atoms with Crippen molar-refractivity contribution in [2.24, 2.45) is 0 Å². The Morgan fingerprint density at radius 2 is 1.88 bits per heavy atom. The van der Waals surface area contributed by atoms with Crippen molar-refractivity contribution in [1.82, 2.24) is 9.88 Å². The van der Waals surface area contributed by atoms with Gasteiger partial charge in [0.25, 0.3) is 5.91 Å². The van der Waals surface area contributed by atoms with Gasteiger partial charge in [-0.2, -0.15) is 0 Å². The van der Waals surface area contributed by atoms with Crippen molar-refractivity contribution in [2.75, 3.05) is 31.1 Å². The number of aryl methyl sites for hydroxylation is 3. The summed E-state index contributed by atoms with van der Waals surface area (Å²) in [6.45, 7) is 8.84. The first kappa shape index (κ1) is 16.1. The zero-order chi connectivity index (χ0) is 17.6. The van der Waals surface area contributed by atoms with E-state index < -0.39 is 0 Å². The maximum absolute atomic E-state index is 12.7. The summed E-state index contributed by atoms with van der Waals surface area (Å²) in [5.41, 5.74) is 2.99. The summed E-state index contributed by atoms with van der Waals surface area (Å²) in [7, 11) is 0. The maximum atomic E-state index is 12.7. The van der Waals surface area contributed by atoms with Crippen LogP contribution in [0.15, 0.2) is 28.7 Å². The quantitative estimate of drug-likeness (QED) is 0.702. The van der Waals surface area contributed by atoms with E-state index in [2.05, 4.69) is 30.0 Å². The van der Waals surface area contributed by atoms with E-state index in [1.807, 2.05) is 24.8 Å². The first-order valence-corrected chi connectivity index (χ1v) is 9.31. The Kier molecular flexibility index (Phi) is 4.00. The molecule has 1 saturated heterocycles. The van der Waals surface area contributed by atoms with Crippen LogP contribution in [0.3, 0.4) is 0 Å². The number of carbonyl (C=O) groups is 1. The smallest absolute Gasteiger partial charge is 0.257 e. The number of thiazole rings is 1. The molecule has 6 heteroatoms. The van der Waals surface area contributed by atoms with Gasteiger partial charge in [0.1, 0.15) is 11.5 Å². The SMILES string of the molecule is Cc1ccc2nc(N3CCN(C(=O)c4cc(C)oc4C)CC3)sc2c1. The first-order chi connectivity index (χ1) is 12.0. The highest BCUT2D eigenvalue weighted by Crippen LogP contribution is 2.30. The molecule has 0 N–H and O–H groups in total. The Morgan fingerprint density at radius 1 is 1.12 bits per heavy atom. The third-order valence-corrected chi connectivity index (χ3v) is 5.72. The summed E-state index contributed by atoms with van der Waals surface area (Å²) < 4.78 is 6.71. The molecule has 2 aromatic heterocycles. The molecule has 4 rings (SSSR count). The minimum atomic E-state index is 0.0638. The molecule has 1 aliphatic heterocycles. The van der Waals surface area contributed by atoms with Gasteiger partial charge in [-0.3, -0.25) is 4.79 Å². The molecule has 1 aliphatic rings. The number of piperazine rings is 1. The zero-order valence-electron chi connectivity index (χ0n) is 14.7. The van der Waals surface area contributed by atoms with Gasteiger partial charge in [-0.25, -0.2) is 4.98 Å². The molecule has 1 fully saturated rings. The molecule has 0 bridgehead atoms. The van der Waals surface area contributed by atoms with E-state index >= 15 is 0 Å². The molecule has 1 aromatic carbocycles. The van der Waals surface area contributed by atoms with Crippen molar-refractivity contribution >= 4 is 32.6 Å². The third-order valence-electron chi connectivity index (χ3n) is 4.64. The van der Waals surface area contributed by atoms with Crippen LogP contribution >= 0.6 is 11.3 Å². The Balaban J connectivity index is 1.47. The number of carbonyl (C=O) groups excluding carboxylic acids is 1. The molecule has 0 unspecified atom stereocenters. The van der Waals surface area contributed by atoms with Crippen LogP contribution in [0.25, 0.3) is 10.2 Å². The van der Waals surface area contributed by atoms with Crippen molar-refractivity contribution in [2.45, 2.75) is 20.8 Å². The van der Waals surface area contributed by atoms with Gasteiger partial charge in [-0.15, -0.1) is 0 Å². The minimum absolute atomic E-state index is 0.0638. The van der Waals surface area contributed by atoms with Crippen molar-refractivity contribution in [3.05, 3.63) is 46.9 Å². The van der Waals surface area contributed by atoms with Crippen LogP contribution in [0.4, 0.5) is 5.13 Å². The van der Waals surface area contributed by atoms with E-state index in [1.165, 1.54) is 10.3 Å². The molecular formula is C19H21N3O2S. The summed E-state index contributed by atoms with van der Waals surface area (Å²) in [4.78, 5) is 21.6. The van der Waals surface area contributed by atoms with Crippen molar-refractivity contribution in [3.63, 3.8) is 0 Å². The van der Waals surface area contributed by atoms with Crippen LogP contribution < -0.4 is 4.90 Å². The van der Waals surface area contributed by atoms with Crippen LogP contribution in [-0.2, 0) is 0 Å². The summed E-state index contributed by atoms with van der Waals surface area (Å²) in [6.07, 6.45) is 0. The summed E-state index contributed by atoms with van der Waals surface area (Å²) >= 11 is 1.73. The Morgan fingerprint density at radius 3 is 2.56 bits per heavy atom. The van der Waals surface area contributed by atoms with E-state index in [0.29, 0.717) is 24.4 Å². The number of hydrogen-bond acceptors (Lipinski definition) is 5. The number of benzene rings is 1. The topological polar surface area (TPSA) is 49.6 Å². The minimum Gasteiger partial charge on any atom is -0.466 e. The lowest BCUT2D eigenvalue weighted by molar-refractivity contribution is 0.0745. The predicted octanol–water partition coefficient (Wildman–Crippen LogP) is 3.78. The molecule has 25 heavy (non-hydrogen) atoms. The van der Waals surface area contributed by atoms with Crippen LogP contribution in [0, 0.1) is 20.8 Å². The lowest BCUT2D eigenvalue weighted by Gasteiger charge is -2.34. The van der Waals surface area contributed by atoms with Crippen LogP contribution in [0.2, 0.25) is 0 Å². The highest BCUT2D eigenvalue weighted by molar-refractivity contribution is 7.22. The number of nitrogens with zero attached hydrogens (tertiary/aromatic N) is 3. The van der Waals surface area contributed by atoms with Gasteiger partial charge in [-0.05, 0) is 44.5 Å².